The summed E-state index contributed by atoms with van der Waals surface area (Å²) in [5.41, 5.74) is 8.05. The molecule has 1 aliphatic rings. The van der Waals surface area contributed by atoms with Crippen molar-refractivity contribution in [3.8, 4) is 22.8 Å². The summed E-state index contributed by atoms with van der Waals surface area (Å²) >= 11 is 0. The lowest BCUT2D eigenvalue weighted by Crippen LogP contribution is -2.43. The van der Waals surface area contributed by atoms with Gasteiger partial charge in [0.1, 0.15) is 0 Å². The minimum absolute atomic E-state index is 0.0322. The summed E-state index contributed by atoms with van der Waals surface area (Å²) in [6.45, 7) is 11.8. The Morgan fingerprint density at radius 1 is 0.889 bits per heavy atom. The van der Waals surface area contributed by atoms with Gasteiger partial charge in [0.2, 0.25) is 5.82 Å². The lowest BCUT2D eigenvalue weighted by atomic mass is 9.87. The molecule has 45 heavy (non-hydrogen) atoms. The van der Waals surface area contributed by atoms with E-state index in [1.807, 2.05) is 60.7 Å². The number of aromatic nitrogens is 5. The molecule has 0 spiro atoms. The number of hydrogen-bond donors (Lipinski definition) is 2. The maximum Gasteiger partial charge on any atom is 0.255 e. The third-order valence-electron chi connectivity index (χ3n) is 8.62. The van der Waals surface area contributed by atoms with E-state index in [-0.39, 0.29) is 11.3 Å². The summed E-state index contributed by atoms with van der Waals surface area (Å²) in [5, 5.41) is 17.9. The van der Waals surface area contributed by atoms with Gasteiger partial charge in [0.05, 0.1) is 11.4 Å². The second-order valence-corrected chi connectivity index (χ2v) is 13.1. The largest absolute Gasteiger partial charge is 0.352 e. The number of rotatable bonds is 6. The number of anilines is 1. The number of benzene rings is 3. The Morgan fingerprint density at radius 2 is 1.69 bits per heavy atom. The third kappa shape index (κ3) is 6.09. The Balaban J connectivity index is 1.12. The highest BCUT2D eigenvalue weighted by Gasteiger charge is 2.17. The first-order chi connectivity index (χ1) is 21.7. The summed E-state index contributed by atoms with van der Waals surface area (Å²) in [4.78, 5) is 21.5. The van der Waals surface area contributed by atoms with Crippen molar-refractivity contribution >= 4 is 28.1 Å². The van der Waals surface area contributed by atoms with E-state index >= 15 is 0 Å². The number of carbonyl (C=O) groups is 1. The van der Waals surface area contributed by atoms with Crippen LogP contribution in [0.1, 0.15) is 42.3 Å². The number of nitrogens with zero attached hydrogens (tertiary/aromatic N) is 6. The predicted octanol–water partition coefficient (Wildman–Crippen LogP) is 6.24. The van der Waals surface area contributed by atoms with Gasteiger partial charge in [-0.1, -0.05) is 57.2 Å². The Kier molecular flexibility index (Phi) is 7.43. The van der Waals surface area contributed by atoms with Crippen LogP contribution in [0.4, 0.5) is 5.69 Å². The van der Waals surface area contributed by atoms with Crippen molar-refractivity contribution in [1.82, 2.24) is 34.6 Å². The smallest absolute Gasteiger partial charge is 0.255 e. The van der Waals surface area contributed by atoms with Gasteiger partial charge in [-0.15, -0.1) is 10.2 Å². The maximum absolute atomic E-state index is 13.0. The van der Waals surface area contributed by atoms with Crippen molar-refractivity contribution in [2.24, 2.45) is 0 Å². The number of fused-ring (bicyclic) bond motifs is 2. The van der Waals surface area contributed by atoms with Gasteiger partial charge in [-0.3, -0.25) is 9.69 Å². The van der Waals surface area contributed by atoms with Crippen LogP contribution in [0.3, 0.4) is 0 Å². The zero-order valence-electron chi connectivity index (χ0n) is 26.2. The minimum Gasteiger partial charge on any atom is -0.352 e. The quantitative estimate of drug-likeness (QED) is 0.236. The molecular weight excluding hydrogens is 560 g/mol. The van der Waals surface area contributed by atoms with Crippen molar-refractivity contribution in [2.75, 3.05) is 38.5 Å². The summed E-state index contributed by atoms with van der Waals surface area (Å²) in [7, 11) is 2.18. The first-order valence-electron chi connectivity index (χ1n) is 15.5. The van der Waals surface area contributed by atoms with Crippen molar-refractivity contribution in [1.29, 1.82) is 0 Å². The molecule has 0 radical (unpaired) electrons. The number of nitrogens with one attached hydrogen (secondary N) is 2. The summed E-state index contributed by atoms with van der Waals surface area (Å²) in [6.07, 6.45) is 0. The summed E-state index contributed by atoms with van der Waals surface area (Å²) < 4.78 is 1.77. The monoisotopic (exact) mass is 598 g/mol. The topological polar surface area (TPSA) is 94.4 Å². The fourth-order valence-corrected chi connectivity index (χ4v) is 5.85. The van der Waals surface area contributed by atoms with Crippen molar-refractivity contribution < 1.29 is 4.79 Å². The molecule has 1 aliphatic heterocycles. The molecule has 3 aromatic heterocycles. The van der Waals surface area contributed by atoms with Crippen LogP contribution < -0.4 is 5.32 Å². The Morgan fingerprint density at radius 3 is 2.47 bits per heavy atom. The molecule has 0 saturated carbocycles. The molecule has 0 aliphatic carbocycles. The van der Waals surface area contributed by atoms with Gasteiger partial charge < -0.3 is 15.2 Å². The predicted molar refractivity (Wildman–Crippen MR) is 179 cm³/mol. The van der Waals surface area contributed by atoms with Crippen LogP contribution in [-0.2, 0) is 12.0 Å². The molecule has 0 bridgehead atoms. The number of piperazine rings is 1. The first kappa shape index (κ1) is 28.9. The fraction of sp³-hybridized carbons (Fsp3) is 0.278. The van der Waals surface area contributed by atoms with Gasteiger partial charge in [0.25, 0.3) is 5.91 Å². The van der Waals surface area contributed by atoms with Gasteiger partial charge in [0.15, 0.2) is 5.65 Å². The molecule has 2 N–H and O–H groups in total. The van der Waals surface area contributed by atoms with E-state index in [1.165, 1.54) is 11.1 Å². The number of likely N-dealkylation sites (N-methyl/N-ethyl adjacent to an activating group) is 1. The standard InChI is InChI=1S/C36H38N8O/c1-36(2,3)28-12-10-25(11-13-28)35(45)37-29-7-5-6-26(21-29)30-14-15-33-39-40-34(44(33)41-30)32-22-27-9-8-24(20-31(27)38-32)23-43-18-16-42(4)17-19-43/h5-15,20-22,38H,16-19,23H2,1-4H3,(H,37,45). The van der Waals surface area contributed by atoms with Crippen LogP contribution in [-0.4, -0.2) is 73.7 Å². The van der Waals surface area contributed by atoms with Crippen LogP contribution >= 0.6 is 0 Å². The van der Waals surface area contributed by atoms with Crippen LogP contribution in [0.5, 0.6) is 0 Å². The molecule has 3 aromatic carbocycles. The molecule has 228 valence electrons. The molecule has 4 heterocycles. The van der Waals surface area contributed by atoms with E-state index < -0.39 is 0 Å². The van der Waals surface area contributed by atoms with Gasteiger partial charge in [-0.25, -0.2) is 0 Å². The molecule has 1 saturated heterocycles. The molecule has 6 aromatic rings. The molecule has 9 nitrogen and oxygen atoms in total. The first-order valence-corrected chi connectivity index (χ1v) is 15.5. The molecule has 9 heteroatoms. The summed E-state index contributed by atoms with van der Waals surface area (Å²) in [6, 6.07) is 28.1. The van der Waals surface area contributed by atoms with E-state index in [0.29, 0.717) is 22.7 Å². The van der Waals surface area contributed by atoms with Gasteiger partial charge in [0, 0.05) is 60.4 Å². The van der Waals surface area contributed by atoms with Crippen molar-refractivity contribution in [3.05, 3.63) is 102 Å². The highest BCUT2D eigenvalue weighted by Crippen LogP contribution is 2.27. The number of H-pyrrole nitrogens is 1. The van der Waals surface area contributed by atoms with Crippen LogP contribution in [0.25, 0.3) is 39.3 Å². The Hall–Kier alpha value is -4.86. The number of hydrogen-bond acceptors (Lipinski definition) is 6. The van der Waals surface area contributed by atoms with Crippen LogP contribution in [0.2, 0.25) is 0 Å². The van der Waals surface area contributed by atoms with E-state index in [9.17, 15) is 4.79 Å². The lowest BCUT2D eigenvalue weighted by molar-refractivity contribution is 0.102. The number of carbonyl (C=O) groups excluding carboxylic acids is 1. The molecule has 1 amide bonds. The normalized spacial score (nSPS) is 14.8. The highest BCUT2D eigenvalue weighted by molar-refractivity contribution is 6.04. The van der Waals surface area contributed by atoms with Gasteiger partial charge in [-0.05, 0) is 72.1 Å². The maximum atomic E-state index is 13.0. The summed E-state index contributed by atoms with van der Waals surface area (Å²) in [5.74, 6) is 0.495. The van der Waals surface area contributed by atoms with E-state index in [4.69, 9.17) is 5.10 Å². The average molecular weight is 599 g/mol. The molecule has 7 rings (SSSR count). The van der Waals surface area contributed by atoms with E-state index in [0.717, 1.165) is 60.6 Å². The number of aromatic amines is 1. The molecule has 0 atom stereocenters. The minimum atomic E-state index is -0.150. The molecule has 1 fully saturated rings. The molecular formula is C36H38N8O. The highest BCUT2D eigenvalue weighted by atomic mass is 16.1. The van der Waals surface area contributed by atoms with Crippen molar-refractivity contribution in [2.45, 2.75) is 32.7 Å². The zero-order valence-corrected chi connectivity index (χ0v) is 26.2. The number of amides is 1. The second kappa shape index (κ2) is 11.6. The van der Waals surface area contributed by atoms with Gasteiger partial charge in [-0.2, -0.15) is 9.61 Å². The Labute approximate surface area is 262 Å². The second-order valence-electron chi connectivity index (χ2n) is 13.1. The fourth-order valence-electron chi connectivity index (χ4n) is 5.85. The van der Waals surface area contributed by atoms with Crippen LogP contribution in [0.15, 0.2) is 84.9 Å². The Bertz CT molecular complexity index is 1990. The average Bonchev–Trinajstić information content (AvgIpc) is 3.65. The van der Waals surface area contributed by atoms with Crippen LogP contribution in [0, 0.1) is 0 Å². The van der Waals surface area contributed by atoms with Crippen molar-refractivity contribution in [3.63, 3.8) is 0 Å². The lowest BCUT2D eigenvalue weighted by Gasteiger charge is -2.32. The third-order valence-corrected chi connectivity index (χ3v) is 8.62. The van der Waals surface area contributed by atoms with E-state index in [2.05, 4.69) is 82.4 Å². The van der Waals surface area contributed by atoms with Gasteiger partial charge >= 0.3 is 0 Å². The SMILES string of the molecule is CN1CCN(Cc2ccc3cc(-c4nnc5ccc(-c6cccc(NC(=O)c7ccc(C(C)(C)C)cc7)c6)nn45)[nH]c3c2)CC1. The van der Waals surface area contributed by atoms with E-state index in [1.54, 1.807) is 4.52 Å². The molecule has 0 unspecified atom stereocenters. The zero-order chi connectivity index (χ0) is 31.1.